The molecule has 8 heteroatoms. The summed E-state index contributed by atoms with van der Waals surface area (Å²) in [7, 11) is 4.33. The second-order valence-electron chi connectivity index (χ2n) is 8.28. The van der Waals surface area contributed by atoms with Crippen molar-refractivity contribution in [2.24, 2.45) is 11.8 Å². The van der Waals surface area contributed by atoms with Crippen LogP contribution >= 0.6 is 0 Å². The highest BCUT2D eigenvalue weighted by Gasteiger charge is 2.47. The molecule has 1 aliphatic carbocycles. The molecule has 0 fully saturated rings. The predicted octanol–water partition coefficient (Wildman–Crippen LogP) is 3.27. The van der Waals surface area contributed by atoms with Gasteiger partial charge in [-0.2, -0.15) is 0 Å². The number of nitrogens with one attached hydrogen (secondary N) is 1. The van der Waals surface area contributed by atoms with Gasteiger partial charge < -0.3 is 24.3 Å². The number of benzene rings is 1. The largest absolute Gasteiger partial charge is 0.497 e. The molecule has 0 spiro atoms. The fourth-order valence-corrected chi connectivity index (χ4v) is 4.59. The molecule has 0 radical (unpaired) electrons. The van der Waals surface area contributed by atoms with Crippen LogP contribution in [0.1, 0.15) is 45.1 Å². The normalized spacial score (nSPS) is 22.4. The molecule has 0 saturated carbocycles. The predicted molar refractivity (Wildman–Crippen MR) is 121 cm³/mol. The van der Waals surface area contributed by atoms with Crippen molar-refractivity contribution >= 4 is 17.7 Å². The van der Waals surface area contributed by atoms with E-state index in [0.29, 0.717) is 52.4 Å². The van der Waals surface area contributed by atoms with Crippen molar-refractivity contribution in [2.45, 2.75) is 39.5 Å². The van der Waals surface area contributed by atoms with E-state index in [1.54, 1.807) is 32.2 Å². The number of Topliss-reactive ketones (excluding diaryl/α,β-unsaturated/α-hetero) is 1. The van der Waals surface area contributed by atoms with Crippen LogP contribution in [0.5, 0.6) is 11.5 Å². The van der Waals surface area contributed by atoms with E-state index in [1.807, 2.05) is 13.8 Å². The summed E-state index contributed by atoms with van der Waals surface area (Å²) >= 11 is 0. The van der Waals surface area contributed by atoms with Gasteiger partial charge in [0.1, 0.15) is 17.4 Å². The Kier molecular flexibility index (Phi) is 7.46. The number of methoxy groups -OCH3 is 3. The molecular formula is C25H31NO7. The smallest absolute Gasteiger partial charge is 0.336 e. The zero-order valence-electron chi connectivity index (χ0n) is 19.9. The van der Waals surface area contributed by atoms with Crippen LogP contribution in [0.15, 0.2) is 40.7 Å². The van der Waals surface area contributed by atoms with Crippen molar-refractivity contribution in [3.8, 4) is 11.5 Å². The van der Waals surface area contributed by atoms with Crippen LogP contribution in [-0.4, -0.2) is 45.7 Å². The molecule has 2 aliphatic rings. The molecule has 1 aromatic rings. The first kappa shape index (κ1) is 24.4. The van der Waals surface area contributed by atoms with E-state index in [0.717, 1.165) is 0 Å². The molecule has 3 atom stereocenters. The highest BCUT2D eigenvalue weighted by atomic mass is 16.5. The Morgan fingerprint density at radius 2 is 1.88 bits per heavy atom. The summed E-state index contributed by atoms with van der Waals surface area (Å²) in [5, 5.41) is 3.24. The monoisotopic (exact) mass is 457 g/mol. The number of allylic oxidation sites excluding steroid dienone is 3. The van der Waals surface area contributed by atoms with Crippen molar-refractivity contribution < 1.29 is 33.3 Å². The average Bonchev–Trinajstić information content (AvgIpc) is 2.80. The fraction of sp³-hybridized carbons (Fsp3) is 0.480. The van der Waals surface area contributed by atoms with Crippen molar-refractivity contribution in [1.29, 1.82) is 0 Å². The van der Waals surface area contributed by atoms with Gasteiger partial charge in [0.2, 0.25) is 0 Å². The highest BCUT2D eigenvalue weighted by molar-refractivity contribution is 6.12. The molecule has 178 valence electrons. The lowest BCUT2D eigenvalue weighted by Gasteiger charge is -2.38. The number of hydrogen-bond acceptors (Lipinski definition) is 8. The maximum Gasteiger partial charge on any atom is 0.336 e. The quantitative estimate of drug-likeness (QED) is 0.492. The lowest BCUT2D eigenvalue weighted by molar-refractivity contribution is -0.151. The fourth-order valence-electron chi connectivity index (χ4n) is 4.59. The number of rotatable bonds is 7. The zero-order valence-corrected chi connectivity index (χ0v) is 19.9. The number of carbonyl (C=O) groups is 3. The molecule has 1 aromatic carbocycles. The van der Waals surface area contributed by atoms with Gasteiger partial charge in [-0.15, -0.1) is 0 Å². The second-order valence-corrected chi connectivity index (χ2v) is 8.28. The van der Waals surface area contributed by atoms with E-state index in [1.165, 1.54) is 14.2 Å². The molecule has 33 heavy (non-hydrogen) atoms. The summed E-state index contributed by atoms with van der Waals surface area (Å²) in [5.41, 5.74) is 2.59. The first-order valence-corrected chi connectivity index (χ1v) is 11.0. The Labute approximate surface area is 193 Å². The lowest BCUT2D eigenvalue weighted by Crippen LogP contribution is -2.43. The number of hydrogen-bond donors (Lipinski definition) is 1. The first-order chi connectivity index (χ1) is 15.8. The minimum absolute atomic E-state index is 0.254. The summed E-state index contributed by atoms with van der Waals surface area (Å²) in [6.07, 6.45) is 1.13. The first-order valence-electron chi connectivity index (χ1n) is 11.0. The standard InChI is InChI=1S/C25H31NO7/c1-7-10-33-25(29)20-14(3)26-17-11-13(2)19(24(28)32-6)23(27)22(17)21(20)16-9-8-15(30-4)12-18(16)31-5/h8-9,12-13,19,21,26H,7,10-11H2,1-6H3/t13-,19+,21+/m1/s1. The van der Waals surface area contributed by atoms with E-state index >= 15 is 0 Å². The molecule has 0 amide bonds. The Morgan fingerprint density at radius 3 is 2.48 bits per heavy atom. The Hall–Kier alpha value is -3.29. The molecule has 0 bridgehead atoms. The van der Waals surface area contributed by atoms with Gasteiger partial charge in [0, 0.05) is 28.6 Å². The maximum absolute atomic E-state index is 13.7. The van der Waals surface area contributed by atoms with Crippen molar-refractivity contribution in [3.05, 3.63) is 46.3 Å². The minimum Gasteiger partial charge on any atom is -0.497 e. The van der Waals surface area contributed by atoms with Crippen LogP contribution in [-0.2, 0) is 23.9 Å². The molecule has 1 N–H and O–H groups in total. The van der Waals surface area contributed by atoms with E-state index in [9.17, 15) is 14.4 Å². The van der Waals surface area contributed by atoms with Gasteiger partial charge in [-0.05, 0) is 31.7 Å². The van der Waals surface area contributed by atoms with Crippen molar-refractivity contribution in [3.63, 3.8) is 0 Å². The number of dihydropyridines is 1. The van der Waals surface area contributed by atoms with Crippen molar-refractivity contribution in [1.82, 2.24) is 5.32 Å². The summed E-state index contributed by atoms with van der Waals surface area (Å²) in [5.74, 6) is -2.39. The van der Waals surface area contributed by atoms with Gasteiger partial charge in [-0.1, -0.05) is 19.9 Å². The van der Waals surface area contributed by atoms with Crippen LogP contribution in [0.4, 0.5) is 0 Å². The summed E-state index contributed by atoms with van der Waals surface area (Å²) in [6, 6.07) is 5.23. The number of carbonyl (C=O) groups excluding carboxylic acids is 3. The summed E-state index contributed by atoms with van der Waals surface area (Å²) in [6.45, 7) is 5.80. The van der Waals surface area contributed by atoms with Crippen LogP contribution in [0.3, 0.4) is 0 Å². The van der Waals surface area contributed by atoms with Crippen LogP contribution in [0.2, 0.25) is 0 Å². The minimum atomic E-state index is -0.950. The third-order valence-electron chi connectivity index (χ3n) is 6.15. The molecule has 0 saturated heterocycles. The third kappa shape index (κ3) is 4.47. The summed E-state index contributed by atoms with van der Waals surface area (Å²) in [4.78, 5) is 39.4. The number of esters is 2. The Bertz CT molecular complexity index is 1020. The van der Waals surface area contributed by atoms with Crippen LogP contribution in [0, 0.1) is 11.8 Å². The highest BCUT2D eigenvalue weighted by Crippen LogP contribution is 2.48. The van der Waals surface area contributed by atoms with Gasteiger partial charge in [-0.25, -0.2) is 4.79 Å². The topological polar surface area (TPSA) is 100 Å². The molecule has 1 heterocycles. The van der Waals surface area contributed by atoms with Crippen molar-refractivity contribution in [2.75, 3.05) is 27.9 Å². The molecule has 1 aliphatic heterocycles. The third-order valence-corrected chi connectivity index (χ3v) is 6.15. The molecule has 0 aromatic heterocycles. The van der Waals surface area contributed by atoms with Crippen LogP contribution < -0.4 is 14.8 Å². The molecule has 8 nitrogen and oxygen atoms in total. The SMILES string of the molecule is CCCOC(=O)C1=C(C)NC2=C(C(=O)[C@@H](C(=O)OC)[C@H](C)C2)[C@H]1c1ccc(OC)cc1OC. The van der Waals surface area contributed by atoms with Gasteiger partial charge in [-0.3, -0.25) is 9.59 Å². The van der Waals surface area contributed by atoms with Gasteiger partial charge in [0.05, 0.1) is 39.4 Å². The van der Waals surface area contributed by atoms with Crippen LogP contribution in [0.25, 0.3) is 0 Å². The molecule has 0 unspecified atom stereocenters. The summed E-state index contributed by atoms with van der Waals surface area (Å²) < 4.78 is 21.3. The van der Waals surface area contributed by atoms with Gasteiger partial charge in [0.15, 0.2) is 5.78 Å². The number of ketones is 1. The van der Waals surface area contributed by atoms with E-state index < -0.39 is 23.8 Å². The second kappa shape index (κ2) is 10.1. The molecule has 3 rings (SSSR count). The lowest BCUT2D eigenvalue weighted by atomic mass is 9.69. The maximum atomic E-state index is 13.7. The Balaban J connectivity index is 2.23. The van der Waals surface area contributed by atoms with E-state index in [-0.39, 0.29) is 18.3 Å². The Morgan fingerprint density at radius 1 is 1.15 bits per heavy atom. The van der Waals surface area contributed by atoms with Gasteiger partial charge in [0.25, 0.3) is 0 Å². The number of ether oxygens (including phenoxy) is 4. The molecular weight excluding hydrogens is 426 g/mol. The van der Waals surface area contributed by atoms with E-state index in [4.69, 9.17) is 18.9 Å². The average molecular weight is 458 g/mol. The van der Waals surface area contributed by atoms with Gasteiger partial charge >= 0.3 is 11.9 Å². The van der Waals surface area contributed by atoms with E-state index in [2.05, 4.69) is 5.32 Å². The zero-order chi connectivity index (χ0) is 24.3.